The Kier molecular flexibility index (Phi) is 4.56. The summed E-state index contributed by atoms with van der Waals surface area (Å²) in [5.41, 5.74) is 3.19. The quantitative estimate of drug-likeness (QED) is 0.881. The number of hydrogen-bond donors (Lipinski definition) is 1. The summed E-state index contributed by atoms with van der Waals surface area (Å²) in [4.78, 5) is 2.01. The molecule has 0 amide bonds. The van der Waals surface area contributed by atoms with E-state index in [0.717, 1.165) is 28.0 Å². The van der Waals surface area contributed by atoms with Crippen molar-refractivity contribution in [3.05, 3.63) is 58.1 Å². The summed E-state index contributed by atoms with van der Waals surface area (Å²) < 4.78 is 0. The highest BCUT2D eigenvalue weighted by molar-refractivity contribution is 6.34. The smallest absolute Gasteiger partial charge is 0.0786 e. The molecule has 0 saturated carbocycles. The van der Waals surface area contributed by atoms with Crippen LogP contribution in [-0.4, -0.2) is 14.1 Å². The van der Waals surface area contributed by atoms with Gasteiger partial charge < -0.3 is 10.2 Å². The topological polar surface area (TPSA) is 15.3 Å². The second kappa shape index (κ2) is 6.18. The van der Waals surface area contributed by atoms with Crippen LogP contribution in [-0.2, 0) is 6.54 Å². The van der Waals surface area contributed by atoms with Gasteiger partial charge in [0.1, 0.15) is 0 Å². The molecular weight excluding hydrogens is 279 g/mol. The van der Waals surface area contributed by atoms with Crippen LogP contribution in [0.25, 0.3) is 0 Å². The van der Waals surface area contributed by atoms with Gasteiger partial charge in [-0.2, -0.15) is 0 Å². The van der Waals surface area contributed by atoms with Gasteiger partial charge in [0, 0.05) is 25.7 Å². The molecule has 1 N–H and O–H groups in total. The van der Waals surface area contributed by atoms with Gasteiger partial charge in [0.25, 0.3) is 0 Å². The van der Waals surface area contributed by atoms with Crippen LogP contribution in [0.2, 0.25) is 10.0 Å². The third-order valence-corrected chi connectivity index (χ3v) is 3.39. The van der Waals surface area contributed by atoms with Crippen LogP contribution in [0.4, 0.5) is 11.4 Å². The lowest BCUT2D eigenvalue weighted by Crippen LogP contribution is -2.12. The lowest BCUT2D eigenvalue weighted by molar-refractivity contribution is 1.10. The van der Waals surface area contributed by atoms with Crippen LogP contribution in [0.1, 0.15) is 5.56 Å². The highest BCUT2D eigenvalue weighted by Gasteiger charge is 2.08. The van der Waals surface area contributed by atoms with Crippen molar-refractivity contribution in [2.45, 2.75) is 6.54 Å². The van der Waals surface area contributed by atoms with Crippen molar-refractivity contribution in [1.82, 2.24) is 0 Å². The molecule has 0 fully saturated rings. The summed E-state index contributed by atoms with van der Waals surface area (Å²) in [7, 11) is 3.96. The summed E-state index contributed by atoms with van der Waals surface area (Å²) in [6, 6.07) is 13.7. The zero-order valence-corrected chi connectivity index (χ0v) is 12.5. The van der Waals surface area contributed by atoms with Gasteiger partial charge in [0.05, 0.1) is 16.4 Å². The monoisotopic (exact) mass is 294 g/mol. The first-order valence-electron chi connectivity index (χ1n) is 6.02. The van der Waals surface area contributed by atoms with E-state index in [-0.39, 0.29) is 0 Å². The molecule has 0 unspecified atom stereocenters. The molecule has 0 bridgehead atoms. The summed E-state index contributed by atoms with van der Waals surface area (Å²) in [6.07, 6.45) is 0. The molecule has 0 saturated heterocycles. The molecule has 0 aliphatic rings. The first-order chi connectivity index (χ1) is 9.08. The van der Waals surface area contributed by atoms with Crippen molar-refractivity contribution in [1.29, 1.82) is 0 Å². The van der Waals surface area contributed by atoms with E-state index in [9.17, 15) is 0 Å². The van der Waals surface area contributed by atoms with Crippen LogP contribution in [0.3, 0.4) is 0 Å². The molecule has 0 atom stereocenters. The summed E-state index contributed by atoms with van der Waals surface area (Å²) in [5, 5.41) is 4.89. The molecule has 19 heavy (non-hydrogen) atoms. The Bertz CT molecular complexity index is 551. The molecule has 4 heteroatoms. The maximum Gasteiger partial charge on any atom is 0.0786 e. The molecule has 0 radical (unpaired) electrons. The number of nitrogens with zero attached hydrogens (tertiary/aromatic N) is 1. The van der Waals surface area contributed by atoms with E-state index in [0.29, 0.717) is 0 Å². The average molecular weight is 295 g/mol. The van der Waals surface area contributed by atoms with Crippen molar-refractivity contribution in [2.75, 3.05) is 24.3 Å². The predicted octanol–water partition coefficient (Wildman–Crippen LogP) is 4.67. The molecule has 2 rings (SSSR count). The van der Waals surface area contributed by atoms with E-state index >= 15 is 0 Å². The first-order valence-corrected chi connectivity index (χ1v) is 6.77. The van der Waals surface area contributed by atoms with Crippen molar-refractivity contribution in [3.63, 3.8) is 0 Å². The number of benzene rings is 2. The van der Waals surface area contributed by atoms with Gasteiger partial charge in [0.2, 0.25) is 0 Å². The second-order valence-corrected chi connectivity index (χ2v) is 5.35. The van der Waals surface area contributed by atoms with E-state index in [1.54, 1.807) is 0 Å². The van der Waals surface area contributed by atoms with Gasteiger partial charge >= 0.3 is 0 Å². The Morgan fingerprint density at radius 1 is 1.00 bits per heavy atom. The van der Waals surface area contributed by atoms with Crippen LogP contribution >= 0.6 is 23.2 Å². The number of hydrogen-bond acceptors (Lipinski definition) is 2. The summed E-state index contributed by atoms with van der Waals surface area (Å²) >= 11 is 12.1. The minimum absolute atomic E-state index is 0.734. The molecule has 2 aromatic rings. The standard InChI is InChI=1S/C15H16Cl2N2/c1-19(2)15-13(17)4-3-5-14(15)18-10-11-6-8-12(16)9-7-11/h3-9,18H,10H2,1-2H3. The van der Waals surface area contributed by atoms with Gasteiger partial charge in [-0.05, 0) is 29.8 Å². The van der Waals surface area contributed by atoms with Gasteiger partial charge in [-0.3, -0.25) is 0 Å². The number of rotatable bonds is 4. The summed E-state index contributed by atoms with van der Waals surface area (Å²) in [5.74, 6) is 0. The largest absolute Gasteiger partial charge is 0.379 e. The molecule has 0 aromatic heterocycles. The Morgan fingerprint density at radius 2 is 1.68 bits per heavy atom. The maximum atomic E-state index is 6.23. The van der Waals surface area contributed by atoms with Crippen LogP contribution in [0.15, 0.2) is 42.5 Å². The van der Waals surface area contributed by atoms with Crippen LogP contribution < -0.4 is 10.2 Å². The van der Waals surface area contributed by atoms with Crippen molar-refractivity contribution in [2.24, 2.45) is 0 Å². The molecular formula is C15H16Cl2N2. The molecule has 0 heterocycles. The molecule has 100 valence electrons. The van der Waals surface area contributed by atoms with Crippen molar-refractivity contribution >= 4 is 34.6 Å². The Balaban J connectivity index is 2.15. The van der Waals surface area contributed by atoms with Crippen molar-refractivity contribution in [3.8, 4) is 0 Å². The third-order valence-electron chi connectivity index (χ3n) is 2.83. The van der Waals surface area contributed by atoms with Gasteiger partial charge in [0.15, 0.2) is 0 Å². The predicted molar refractivity (Wildman–Crippen MR) is 84.6 cm³/mol. The second-order valence-electron chi connectivity index (χ2n) is 4.51. The lowest BCUT2D eigenvalue weighted by atomic mass is 10.2. The molecule has 0 spiro atoms. The van der Waals surface area contributed by atoms with E-state index in [2.05, 4.69) is 5.32 Å². The van der Waals surface area contributed by atoms with E-state index in [1.807, 2.05) is 61.5 Å². The lowest BCUT2D eigenvalue weighted by Gasteiger charge is -2.20. The molecule has 0 aliphatic heterocycles. The third kappa shape index (κ3) is 3.55. The zero-order valence-electron chi connectivity index (χ0n) is 11.0. The minimum atomic E-state index is 0.734. The first kappa shape index (κ1) is 14.0. The number of anilines is 2. The molecule has 2 nitrogen and oxygen atoms in total. The normalized spacial score (nSPS) is 10.3. The average Bonchev–Trinajstić information content (AvgIpc) is 2.37. The number of halogens is 2. The maximum absolute atomic E-state index is 6.23. The van der Waals surface area contributed by atoms with Crippen molar-refractivity contribution < 1.29 is 0 Å². The van der Waals surface area contributed by atoms with E-state index in [4.69, 9.17) is 23.2 Å². The SMILES string of the molecule is CN(C)c1c(Cl)cccc1NCc1ccc(Cl)cc1. The Labute approximate surface area is 123 Å². The Hall–Kier alpha value is -1.38. The molecule has 2 aromatic carbocycles. The van der Waals surface area contributed by atoms with Gasteiger partial charge in [-0.25, -0.2) is 0 Å². The van der Waals surface area contributed by atoms with E-state index < -0.39 is 0 Å². The van der Waals surface area contributed by atoms with Crippen LogP contribution in [0.5, 0.6) is 0 Å². The number of nitrogens with one attached hydrogen (secondary N) is 1. The van der Waals surface area contributed by atoms with Crippen LogP contribution in [0, 0.1) is 0 Å². The highest BCUT2D eigenvalue weighted by Crippen LogP contribution is 2.32. The van der Waals surface area contributed by atoms with E-state index in [1.165, 1.54) is 5.56 Å². The fourth-order valence-corrected chi connectivity index (χ4v) is 2.38. The van der Waals surface area contributed by atoms with Gasteiger partial charge in [-0.1, -0.05) is 41.4 Å². The highest BCUT2D eigenvalue weighted by atomic mass is 35.5. The van der Waals surface area contributed by atoms with Gasteiger partial charge in [-0.15, -0.1) is 0 Å². The minimum Gasteiger partial charge on any atom is -0.379 e. The number of para-hydroxylation sites is 1. The zero-order chi connectivity index (χ0) is 13.8. The fraction of sp³-hybridized carbons (Fsp3) is 0.200. The fourth-order valence-electron chi connectivity index (χ4n) is 1.91. The summed E-state index contributed by atoms with van der Waals surface area (Å²) in [6.45, 7) is 0.734. The Morgan fingerprint density at radius 3 is 2.32 bits per heavy atom. The molecule has 0 aliphatic carbocycles.